The molecule has 2 aromatic carbocycles. The van der Waals surface area contributed by atoms with E-state index < -0.39 is 0 Å². The molecule has 3 nitrogen and oxygen atoms in total. The SMILES string of the molecule is Cn1ncc2ccc(NCc3ccccc3Cl)cc21. The monoisotopic (exact) mass is 271 g/mol. The maximum Gasteiger partial charge on any atom is 0.0699 e. The molecule has 0 amide bonds. The maximum absolute atomic E-state index is 6.14. The minimum Gasteiger partial charge on any atom is -0.381 e. The number of benzene rings is 2. The number of halogens is 1. The van der Waals surface area contributed by atoms with Crippen LogP contribution in [0.25, 0.3) is 10.9 Å². The molecule has 96 valence electrons. The molecule has 3 aromatic rings. The fourth-order valence-electron chi connectivity index (χ4n) is 2.09. The number of fused-ring (bicyclic) bond motifs is 1. The molecule has 0 aliphatic heterocycles. The Morgan fingerprint density at radius 3 is 2.89 bits per heavy atom. The summed E-state index contributed by atoms with van der Waals surface area (Å²) in [6.07, 6.45) is 1.87. The van der Waals surface area contributed by atoms with Crippen molar-refractivity contribution in [2.75, 3.05) is 5.32 Å². The van der Waals surface area contributed by atoms with Crippen LogP contribution >= 0.6 is 11.6 Å². The van der Waals surface area contributed by atoms with Crippen LogP contribution in [0.2, 0.25) is 5.02 Å². The summed E-state index contributed by atoms with van der Waals surface area (Å²) in [6, 6.07) is 14.1. The summed E-state index contributed by atoms with van der Waals surface area (Å²) in [7, 11) is 1.94. The van der Waals surface area contributed by atoms with Crippen LogP contribution in [0.5, 0.6) is 0 Å². The third-order valence-electron chi connectivity index (χ3n) is 3.19. The summed E-state index contributed by atoms with van der Waals surface area (Å²) in [6.45, 7) is 0.711. The lowest BCUT2D eigenvalue weighted by Gasteiger charge is -2.08. The van der Waals surface area contributed by atoms with E-state index in [9.17, 15) is 0 Å². The van der Waals surface area contributed by atoms with Crippen LogP contribution in [-0.2, 0) is 13.6 Å². The van der Waals surface area contributed by atoms with Gasteiger partial charge in [0.25, 0.3) is 0 Å². The number of nitrogens with zero attached hydrogens (tertiary/aromatic N) is 2. The van der Waals surface area contributed by atoms with E-state index in [-0.39, 0.29) is 0 Å². The molecule has 0 aliphatic carbocycles. The Morgan fingerprint density at radius 1 is 1.21 bits per heavy atom. The first-order chi connectivity index (χ1) is 9.24. The lowest BCUT2D eigenvalue weighted by atomic mass is 10.2. The van der Waals surface area contributed by atoms with Gasteiger partial charge in [-0.05, 0) is 29.8 Å². The molecule has 0 fully saturated rings. The van der Waals surface area contributed by atoms with Gasteiger partial charge in [0.05, 0.1) is 11.7 Å². The van der Waals surface area contributed by atoms with E-state index in [4.69, 9.17) is 11.6 Å². The summed E-state index contributed by atoms with van der Waals surface area (Å²) in [4.78, 5) is 0. The molecular weight excluding hydrogens is 258 g/mol. The van der Waals surface area contributed by atoms with Crippen LogP contribution in [0.4, 0.5) is 5.69 Å². The van der Waals surface area contributed by atoms with Gasteiger partial charge in [-0.15, -0.1) is 0 Å². The van der Waals surface area contributed by atoms with Crippen molar-refractivity contribution < 1.29 is 0 Å². The molecule has 0 unspecified atom stereocenters. The summed E-state index contributed by atoms with van der Waals surface area (Å²) in [5.74, 6) is 0. The molecular formula is C15H14ClN3. The first-order valence-electron chi connectivity index (χ1n) is 6.13. The molecule has 1 N–H and O–H groups in total. The van der Waals surface area contributed by atoms with Crippen LogP contribution in [0.15, 0.2) is 48.7 Å². The molecule has 0 radical (unpaired) electrons. The lowest BCUT2D eigenvalue weighted by molar-refractivity contribution is 0.797. The largest absolute Gasteiger partial charge is 0.381 e. The number of hydrogen-bond acceptors (Lipinski definition) is 2. The van der Waals surface area contributed by atoms with Gasteiger partial charge in [0.15, 0.2) is 0 Å². The molecule has 1 heterocycles. The third kappa shape index (κ3) is 2.42. The van der Waals surface area contributed by atoms with E-state index in [1.165, 1.54) is 0 Å². The highest BCUT2D eigenvalue weighted by Gasteiger charge is 2.02. The molecule has 1 aromatic heterocycles. The summed E-state index contributed by atoms with van der Waals surface area (Å²) in [5, 5.41) is 9.56. The number of aryl methyl sites for hydroxylation is 1. The molecule has 0 aliphatic rings. The predicted molar refractivity (Wildman–Crippen MR) is 79.5 cm³/mol. The zero-order valence-electron chi connectivity index (χ0n) is 10.6. The predicted octanol–water partition coefficient (Wildman–Crippen LogP) is 3.84. The van der Waals surface area contributed by atoms with Crippen molar-refractivity contribution in [3.8, 4) is 0 Å². The Hall–Kier alpha value is -2.00. The number of aromatic nitrogens is 2. The van der Waals surface area contributed by atoms with E-state index >= 15 is 0 Å². The van der Waals surface area contributed by atoms with Crippen molar-refractivity contribution in [1.29, 1.82) is 0 Å². The topological polar surface area (TPSA) is 29.9 Å². The van der Waals surface area contributed by atoms with E-state index in [0.717, 1.165) is 27.2 Å². The standard InChI is InChI=1S/C15H14ClN3/c1-19-15-8-13(7-6-12(15)10-18-19)17-9-11-4-2-3-5-14(11)16/h2-8,10,17H,9H2,1H3. The number of anilines is 1. The zero-order chi connectivity index (χ0) is 13.2. The van der Waals surface area contributed by atoms with Crippen molar-refractivity contribution >= 4 is 28.2 Å². The molecule has 3 rings (SSSR count). The van der Waals surface area contributed by atoms with Crippen LogP contribution in [-0.4, -0.2) is 9.78 Å². The second-order valence-electron chi connectivity index (χ2n) is 4.49. The Balaban J connectivity index is 1.82. The Labute approximate surface area is 116 Å². The zero-order valence-corrected chi connectivity index (χ0v) is 11.4. The minimum absolute atomic E-state index is 0.711. The Morgan fingerprint density at radius 2 is 2.05 bits per heavy atom. The lowest BCUT2D eigenvalue weighted by Crippen LogP contribution is -2.00. The van der Waals surface area contributed by atoms with Gasteiger partial charge < -0.3 is 5.32 Å². The van der Waals surface area contributed by atoms with Gasteiger partial charge in [-0.25, -0.2) is 0 Å². The summed E-state index contributed by atoms with van der Waals surface area (Å²) < 4.78 is 1.87. The van der Waals surface area contributed by atoms with Gasteiger partial charge in [-0.2, -0.15) is 5.10 Å². The van der Waals surface area contributed by atoms with E-state index in [1.807, 2.05) is 42.2 Å². The summed E-state index contributed by atoms with van der Waals surface area (Å²) >= 11 is 6.14. The molecule has 19 heavy (non-hydrogen) atoms. The Bertz CT molecular complexity index is 718. The van der Waals surface area contributed by atoms with Gasteiger partial charge >= 0.3 is 0 Å². The molecule has 0 atom stereocenters. The molecule has 0 saturated heterocycles. The molecule has 0 spiro atoms. The van der Waals surface area contributed by atoms with Gasteiger partial charge in [-0.3, -0.25) is 4.68 Å². The van der Waals surface area contributed by atoms with Gasteiger partial charge in [0.2, 0.25) is 0 Å². The maximum atomic E-state index is 6.14. The minimum atomic E-state index is 0.711. The third-order valence-corrected chi connectivity index (χ3v) is 3.56. The quantitative estimate of drug-likeness (QED) is 0.784. The van der Waals surface area contributed by atoms with Crippen LogP contribution in [0.3, 0.4) is 0 Å². The second-order valence-corrected chi connectivity index (χ2v) is 4.89. The number of hydrogen-bond donors (Lipinski definition) is 1. The highest BCUT2D eigenvalue weighted by Crippen LogP contribution is 2.20. The normalized spacial score (nSPS) is 10.8. The first-order valence-corrected chi connectivity index (χ1v) is 6.51. The smallest absolute Gasteiger partial charge is 0.0699 e. The van der Waals surface area contributed by atoms with Crippen molar-refractivity contribution in [3.63, 3.8) is 0 Å². The average molecular weight is 272 g/mol. The van der Waals surface area contributed by atoms with Crippen molar-refractivity contribution in [3.05, 3.63) is 59.2 Å². The van der Waals surface area contributed by atoms with Crippen LogP contribution in [0.1, 0.15) is 5.56 Å². The fourth-order valence-corrected chi connectivity index (χ4v) is 2.30. The van der Waals surface area contributed by atoms with Crippen molar-refractivity contribution in [2.24, 2.45) is 7.05 Å². The van der Waals surface area contributed by atoms with E-state index in [2.05, 4.69) is 28.6 Å². The molecule has 0 bridgehead atoms. The van der Waals surface area contributed by atoms with Crippen molar-refractivity contribution in [2.45, 2.75) is 6.54 Å². The number of rotatable bonds is 3. The van der Waals surface area contributed by atoms with Gasteiger partial charge in [0.1, 0.15) is 0 Å². The summed E-state index contributed by atoms with van der Waals surface area (Å²) in [5.41, 5.74) is 3.27. The van der Waals surface area contributed by atoms with Crippen molar-refractivity contribution in [1.82, 2.24) is 9.78 Å². The van der Waals surface area contributed by atoms with E-state index in [1.54, 1.807) is 0 Å². The second kappa shape index (κ2) is 4.94. The Kier molecular flexibility index (Phi) is 3.13. The number of nitrogens with one attached hydrogen (secondary N) is 1. The van der Waals surface area contributed by atoms with E-state index in [0.29, 0.717) is 6.54 Å². The van der Waals surface area contributed by atoms with Gasteiger partial charge in [0, 0.05) is 29.7 Å². The molecule has 4 heteroatoms. The van der Waals surface area contributed by atoms with Crippen LogP contribution in [0, 0.1) is 0 Å². The van der Waals surface area contributed by atoms with Crippen LogP contribution < -0.4 is 5.32 Å². The van der Waals surface area contributed by atoms with Gasteiger partial charge in [-0.1, -0.05) is 29.8 Å². The average Bonchev–Trinajstić information content (AvgIpc) is 2.79. The fraction of sp³-hybridized carbons (Fsp3) is 0.133. The first kappa shape index (κ1) is 12.1. The highest BCUT2D eigenvalue weighted by atomic mass is 35.5. The molecule has 0 saturated carbocycles. The highest BCUT2D eigenvalue weighted by molar-refractivity contribution is 6.31.